The number of nitrogens with zero attached hydrogens (tertiary/aromatic N) is 3. The summed E-state index contributed by atoms with van der Waals surface area (Å²) < 4.78 is 14.7. The van der Waals surface area contributed by atoms with Crippen LogP contribution in [0.15, 0.2) is 36.5 Å². The Labute approximate surface area is 205 Å². The first-order valence-electron chi connectivity index (χ1n) is 13.0. The van der Waals surface area contributed by atoms with E-state index in [1.807, 2.05) is 0 Å². The third-order valence-corrected chi connectivity index (χ3v) is 8.37. The molecule has 7 nitrogen and oxygen atoms in total. The number of likely N-dealkylation sites (tertiary alicyclic amines) is 1. The number of anilines is 1. The van der Waals surface area contributed by atoms with Crippen molar-refractivity contribution in [1.82, 2.24) is 20.1 Å². The molecule has 2 unspecified atom stereocenters. The first kappa shape index (κ1) is 22.9. The number of β-amino-alcohol motifs (C(OH)–C–C–N with tert-alkyl or cyclic N) is 1. The summed E-state index contributed by atoms with van der Waals surface area (Å²) in [5.41, 5.74) is 2.71. The standard InChI is InChI=1S/C27H34FN5O2/c28-23-14-29-26(31-21-11-19-5-6-20(12-21)30-19)13-22(23)27(35)33-10-8-24(25(34)16-33)32-9-7-17-3-1-2-4-18(17)15-32/h1-4,13-14,19-21,24-25,30,34H,5-12,15-16H2,(H,29,31)/t19?,20?,21?,24-,25-/m0/s1. The second-order valence-electron chi connectivity index (χ2n) is 10.7. The van der Waals surface area contributed by atoms with Gasteiger partial charge in [-0.15, -0.1) is 0 Å². The van der Waals surface area contributed by atoms with E-state index in [-0.39, 0.29) is 30.1 Å². The van der Waals surface area contributed by atoms with Crippen LogP contribution in [0.3, 0.4) is 0 Å². The van der Waals surface area contributed by atoms with Crippen molar-refractivity contribution in [3.63, 3.8) is 0 Å². The van der Waals surface area contributed by atoms with Crippen molar-refractivity contribution in [3.05, 3.63) is 59.0 Å². The SMILES string of the molecule is O=C(c1cc(NC2CC3CCC(C2)N3)ncc1F)N1CC[C@H](N2CCc3ccccc3C2)[C@@H](O)C1. The molecule has 3 saturated heterocycles. The molecule has 2 aromatic rings. The fraction of sp³-hybridized carbons (Fsp3) is 0.556. The Bertz CT molecular complexity index is 1080. The van der Waals surface area contributed by atoms with Gasteiger partial charge in [0.1, 0.15) is 5.82 Å². The van der Waals surface area contributed by atoms with Gasteiger partial charge in [0.15, 0.2) is 5.82 Å². The van der Waals surface area contributed by atoms with Crippen LogP contribution in [-0.4, -0.2) is 75.7 Å². The van der Waals surface area contributed by atoms with Crippen molar-refractivity contribution in [2.45, 2.75) is 75.3 Å². The molecular weight excluding hydrogens is 445 g/mol. The van der Waals surface area contributed by atoms with E-state index in [0.29, 0.717) is 30.9 Å². The molecule has 35 heavy (non-hydrogen) atoms. The zero-order chi connectivity index (χ0) is 23.9. The number of aliphatic hydroxyl groups is 1. The first-order valence-corrected chi connectivity index (χ1v) is 13.0. The van der Waals surface area contributed by atoms with Gasteiger partial charge in [-0.25, -0.2) is 9.37 Å². The van der Waals surface area contributed by atoms with Crippen LogP contribution in [-0.2, 0) is 13.0 Å². The number of piperidine rings is 2. The van der Waals surface area contributed by atoms with Crippen molar-refractivity contribution < 1.29 is 14.3 Å². The molecule has 3 fully saturated rings. The highest BCUT2D eigenvalue weighted by Crippen LogP contribution is 2.29. The van der Waals surface area contributed by atoms with Crippen molar-refractivity contribution in [3.8, 4) is 0 Å². The van der Waals surface area contributed by atoms with Gasteiger partial charge >= 0.3 is 0 Å². The highest BCUT2D eigenvalue weighted by molar-refractivity contribution is 5.95. The Morgan fingerprint density at radius 3 is 2.66 bits per heavy atom. The van der Waals surface area contributed by atoms with Gasteiger partial charge in [0.2, 0.25) is 0 Å². The lowest BCUT2D eigenvalue weighted by molar-refractivity contribution is -0.0138. The molecule has 0 aliphatic carbocycles. The lowest BCUT2D eigenvalue weighted by Gasteiger charge is -2.43. The number of aromatic nitrogens is 1. The number of carbonyl (C=O) groups excluding carboxylic acids is 1. The maximum Gasteiger partial charge on any atom is 0.257 e. The van der Waals surface area contributed by atoms with Crippen LogP contribution in [0.5, 0.6) is 0 Å². The summed E-state index contributed by atoms with van der Waals surface area (Å²) in [5, 5.41) is 18.0. The summed E-state index contributed by atoms with van der Waals surface area (Å²) in [6, 6.07) is 11.3. The molecule has 5 heterocycles. The molecule has 0 saturated carbocycles. The molecule has 1 aromatic heterocycles. The molecule has 186 valence electrons. The largest absolute Gasteiger partial charge is 0.390 e. The fourth-order valence-electron chi connectivity index (χ4n) is 6.57. The topological polar surface area (TPSA) is 80.7 Å². The van der Waals surface area contributed by atoms with Crippen LogP contribution < -0.4 is 10.6 Å². The maximum absolute atomic E-state index is 14.7. The number of halogens is 1. The van der Waals surface area contributed by atoms with Crippen molar-refractivity contribution in [2.75, 3.05) is 25.0 Å². The first-order chi connectivity index (χ1) is 17.0. The number of aliphatic hydroxyl groups excluding tert-OH is 1. The van der Waals surface area contributed by atoms with Gasteiger partial charge < -0.3 is 20.6 Å². The third kappa shape index (κ3) is 4.67. The van der Waals surface area contributed by atoms with Gasteiger partial charge in [0.25, 0.3) is 5.91 Å². The summed E-state index contributed by atoms with van der Waals surface area (Å²) in [5.74, 6) is -0.446. The van der Waals surface area contributed by atoms with Gasteiger partial charge in [-0.05, 0) is 55.7 Å². The Morgan fingerprint density at radius 2 is 1.89 bits per heavy atom. The number of rotatable bonds is 4. The lowest BCUT2D eigenvalue weighted by Crippen LogP contribution is -2.56. The monoisotopic (exact) mass is 479 g/mol. The highest BCUT2D eigenvalue weighted by Gasteiger charge is 2.37. The molecule has 4 atom stereocenters. The Morgan fingerprint density at radius 1 is 1.11 bits per heavy atom. The fourth-order valence-corrected chi connectivity index (χ4v) is 6.57. The summed E-state index contributed by atoms with van der Waals surface area (Å²) in [4.78, 5) is 21.4. The van der Waals surface area contributed by atoms with Gasteiger partial charge in [0.05, 0.1) is 17.9 Å². The number of benzene rings is 1. The van der Waals surface area contributed by atoms with E-state index in [1.165, 1.54) is 24.0 Å². The minimum atomic E-state index is -0.661. The molecule has 6 rings (SSSR count). The molecule has 4 aliphatic heterocycles. The number of pyridine rings is 1. The van der Waals surface area contributed by atoms with Crippen LogP contribution in [0.4, 0.5) is 10.2 Å². The van der Waals surface area contributed by atoms with Gasteiger partial charge in [-0.2, -0.15) is 0 Å². The third-order valence-electron chi connectivity index (χ3n) is 8.37. The Kier molecular flexibility index (Phi) is 6.20. The van der Waals surface area contributed by atoms with Gasteiger partial charge in [-0.3, -0.25) is 9.69 Å². The molecule has 1 amide bonds. The van der Waals surface area contributed by atoms with Crippen LogP contribution in [0.2, 0.25) is 0 Å². The molecular formula is C27H34FN5O2. The minimum absolute atomic E-state index is 0.00204. The van der Waals surface area contributed by atoms with Gasteiger partial charge in [0, 0.05) is 50.3 Å². The number of hydrogen-bond donors (Lipinski definition) is 3. The van der Waals surface area contributed by atoms with Crippen molar-refractivity contribution >= 4 is 11.7 Å². The zero-order valence-electron chi connectivity index (χ0n) is 20.0. The van der Waals surface area contributed by atoms with E-state index in [0.717, 1.165) is 38.5 Å². The van der Waals surface area contributed by atoms with Crippen LogP contribution in [0.25, 0.3) is 0 Å². The van der Waals surface area contributed by atoms with E-state index in [9.17, 15) is 14.3 Å². The average molecular weight is 480 g/mol. The van der Waals surface area contributed by atoms with Crippen LogP contribution in [0.1, 0.15) is 53.6 Å². The number of hydrogen-bond acceptors (Lipinski definition) is 6. The van der Waals surface area contributed by atoms with E-state index in [4.69, 9.17) is 0 Å². The van der Waals surface area contributed by atoms with Crippen molar-refractivity contribution in [2.24, 2.45) is 0 Å². The normalized spacial score (nSPS) is 30.7. The van der Waals surface area contributed by atoms with E-state index < -0.39 is 11.9 Å². The Balaban J connectivity index is 1.10. The predicted molar refractivity (Wildman–Crippen MR) is 132 cm³/mol. The molecule has 3 N–H and O–H groups in total. The highest BCUT2D eigenvalue weighted by atomic mass is 19.1. The Hall–Kier alpha value is -2.55. The zero-order valence-corrected chi connectivity index (χ0v) is 20.0. The minimum Gasteiger partial charge on any atom is -0.390 e. The lowest BCUT2D eigenvalue weighted by atomic mass is 9.94. The van der Waals surface area contributed by atoms with E-state index in [1.54, 1.807) is 11.0 Å². The summed E-state index contributed by atoms with van der Waals surface area (Å²) >= 11 is 0. The molecule has 0 radical (unpaired) electrons. The summed E-state index contributed by atoms with van der Waals surface area (Å²) in [6.45, 7) is 2.43. The van der Waals surface area contributed by atoms with Crippen molar-refractivity contribution in [1.29, 1.82) is 0 Å². The quantitative estimate of drug-likeness (QED) is 0.626. The average Bonchev–Trinajstić information content (AvgIpc) is 3.22. The second kappa shape index (κ2) is 9.48. The number of amides is 1. The maximum atomic E-state index is 14.7. The summed E-state index contributed by atoms with van der Waals surface area (Å²) in [6.07, 6.45) is 6.55. The number of fused-ring (bicyclic) bond motifs is 3. The molecule has 1 aromatic carbocycles. The second-order valence-corrected chi connectivity index (χ2v) is 10.7. The predicted octanol–water partition coefficient (Wildman–Crippen LogP) is 2.55. The van der Waals surface area contributed by atoms with Crippen LogP contribution in [0, 0.1) is 5.82 Å². The van der Waals surface area contributed by atoms with Crippen LogP contribution >= 0.6 is 0 Å². The smallest absolute Gasteiger partial charge is 0.257 e. The molecule has 2 bridgehead atoms. The van der Waals surface area contributed by atoms with E-state index >= 15 is 0 Å². The number of nitrogens with one attached hydrogen (secondary N) is 2. The van der Waals surface area contributed by atoms with Gasteiger partial charge in [-0.1, -0.05) is 24.3 Å². The molecule has 0 spiro atoms. The molecule has 4 aliphatic rings. The van der Waals surface area contributed by atoms with E-state index in [2.05, 4.69) is 44.8 Å². The molecule has 8 heteroatoms. The number of carbonyl (C=O) groups is 1. The summed E-state index contributed by atoms with van der Waals surface area (Å²) in [7, 11) is 0.